The summed E-state index contributed by atoms with van der Waals surface area (Å²) in [6.07, 6.45) is 5.71. The van der Waals surface area contributed by atoms with Crippen LogP contribution in [0.15, 0.2) is 213 Å². The first kappa shape index (κ1) is 33.9. The molecule has 8 aromatic carbocycles. The largest absolute Gasteiger partial charge is 0.256 e. The molecule has 0 bridgehead atoms. The second-order valence-electron chi connectivity index (χ2n) is 16.3. The average Bonchev–Trinajstić information content (AvgIpc) is 3.80. The van der Waals surface area contributed by atoms with Gasteiger partial charge in [-0.05, 0) is 126 Å². The Morgan fingerprint density at radius 1 is 0.262 bits per heavy atom. The molecule has 3 heterocycles. The van der Waals surface area contributed by atoms with Gasteiger partial charge in [-0.25, -0.2) is 0 Å². The zero-order valence-electron chi connectivity index (χ0n) is 33.0. The lowest BCUT2D eigenvalue weighted by molar-refractivity contribution is 0.794. The van der Waals surface area contributed by atoms with Gasteiger partial charge in [0.05, 0.1) is 22.0 Å². The lowest BCUT2D eigenvalue weighted by atomic mass is 9.70. The molecule has 0 aliphatic heterocycles. The first-order valence-electron chi connectivity index (χ1n) is 20.9. The molecule has 2 aliphatic carbocycles. The van der Waals surface area contributed by atoms with E-state index in [1.165, 1.54) is 50.1 Å². The summed E-state index contributed by atoms with van der Waals surface area (Å²) in [6, 6.07) is 71.3. The Bertz CT molecular complexity index is 3570. The maximum Gasteiger partial charge on any atom is 0.0964 e. The van der Waals surface area contributed by atoms with Crippen molar-refractivity contribution in [1.82, 2.24) is 15.0 Å². The highest BCUT2D eigenvalue weighted by atomic mass is 14.7. The van der Waals surface area contributed by atoms with Crippen molar-refractivity contribution >= 4 is 32.7 Å². The van der Waals surface area contributed by atoms with Crippen LogP contribution in [0.2, 0.25) is 0 Å². The molecular weight excluding hydrogens is 739 g/mol. The smallest absolute Gasteiger partial charge is 0.0964 e. The van der Waals surface area contributed by atoms with E-state index in [1.807, 2.05) is 30.7 Å². The molecule has 3 heteroatoms. The van der Waals surface area contributed by atoms with Crippen molar-refractivity contribution in [1.29, 1.82) is 0 Å². The number of para-hydroxylation sites is 1. The fraction of sp³-hybridized carbons (Fsp3) is 0.0172. The van der Waals surface area contributed by atoms with Crippen molar-refractivity contribution < 1.29 is 0 Å². The molecule has 0 atom stereocenters. The Hall–Kier alpha value is -8.01. The summed E-state index contributed by atoms with van der Waals surface area (Å²) in [4.78, 5) is 14.5. The molecule has 13 rings (SSSR count). The number of hydrogen-bond donors (Lipinski definition) is 0. The van der Waals surface area contributed by atoms with Gasteiger partial charge in [0.1, 0.15) is 0 Å². The van der Waals surface area contributed by atoms with Crippen molar-refractivity contribution in [3.63, 3.8) is 0 Å². The third-order valence-electron chi connectivity index (χ3n) is 13.2. The number of fused-ring (bicyclic) bond motifs is 14. The van der Waals surface area contributed by atoms with Gasteiger partial charge < -0.3 is 0 Å². The van der Waals surface area contributed by atoms with E-state index in [0.29, 0.717) is 0 Å². The summed E-state index contributed by atoms with van der Waals surface area (Å²) in [6.45, 7) is 0. The molecule has 282 valence electrons. The van der Waals surface area contributed by atoms with Gasteiger partial charge in [0.2, 0.25) is 0 Å². The molecule has 0 saturated carbocycles. The van der Waals surface area contributed by atoms with Crippen molar-refractivity contribution in [2.24, 2.45) is 0 Å². The van der Waals surface area contributed by atoms with Crippen molar-refractivity contribution in [2.45, 2.75) is 5.41 Å². The molecule has 11 aromatic rings. The highest BCUT2D eigenvalue weighted by molar-refractivity contribution is 6.04. The second kappa shape index (κ2) is 13.0. The molecular formula is C58H35N3. The molecule has 0 N–H and O–H groups in total. The Kier molecular flexibility index (Phi) is 7.22. The fourth-order valence-electron chi connectivity index (χ4n) is 10.5. The van der Waals surface area contributed by atoms with E-state index in [2.05, 4.69) is 187 Å². The van der Waals surface area contributed by atoms with Gasteiger partial charge in [-0.2, -0.15) is 0 Å². The minimum Gasteiger partial charge on any atom is -0.256 e. The van der Waals surface area contributed by atoms with Crippen LogP contribution < -0.4 is 0 Å². The normalized spacial score (nSPS) is 13.0. The fourth-order valence-corrected chi connectivity index (χ4v) is 10.5. The molecule has 0 saturated heterocycles. The van der Waals surface area contributed by atoms with Crippen LogP contribution >= 0.6 is 0 Å². The number of aromatic nitrogens is 3. The van der Waals surface area contributed by atoms with Gasteiger partial charge in [-0.1, -0.05) is 146 Å². The Balaban J connectivity index is 0.997. The third-order valence-corrected chi connectivity index (χ3v) is 13.2. The standard InChI is InChI=1S/C58H35N3/c1-4-20-51-47(16-1)48-17-2-5-21-52(48)58(51)53-22-6-3-18-49(53)50-34-40(25-26-54(50)58)43-31-42(32-44(33-43)46-19-8-11-36-14-9-27-59-55(36)46)38-12-7-13-39(29-38)45-30-41-24-23-37-15-10-28-60-56(37)57(41)61-35-45/h1-35H. The van der Waals surface area contributed by atoms with Crippen LogP contribution in [-0.4, -0.2) is 15.0 Å². The maximum atomic E-state index is 4.95. The lowest BCUT2D eigenvalue weighted by Gasteiger charge is -2.30. The average molecular weight is 774 g/mol. The summed E-state index contributed by atoms with van der Waals surface area (Å²) in [5, 5.41) is 3.29. The molecule has 2 aliphatic rings. The zero-order valence-corrected chi connectivity index (χ0v) is 33.0. The summed E-state index contributed by atoms with van der Waals surface area (Å²) >= 11 is 0. The lowest BCUT2D eigenvalue weighted by Crippen LogP contribution is -2.25. The first-order valence-corrected chi connectivity index (χ1v) is 20.9. The van der Waals surface area contributed by atoms with E-state index in [-0.39, 0.29) is 5.41 Å². The topological polar surface area (TPSA) is 38.7 Å². The zero-order chi connectivity index (χ0) is 40.1. The van der Waals surface area contributed by atoms with Crippen LogP contribution in [0.25, 0.3) is 99.5 Å². The summed E-state index contributed by atoms with van der Waals surface area (Å²) < 4.78 is 0. The van der Waals surface area contributed by atoms with Crippen LogP contribution in [0.3, 0.4) is 0 Å². The van der Waals surface area contributed by atoms with Gasteiger partial charge >= 0.3 is 0 Å². The first-order chi connectivity index (χ1) is 30.2. The van der Waals surface area contributed by atoms with Gasteiger partial charge in [-0.15, -0.1) is 0 Å². The van der Waals surface area contributed by atoms with Gasteiger partial charge in [-0.3, -0.25) is 15.0 Å². The summed E-state index contributed by atoms with van der Waals surface area (Å²) in [7, 11) is 0. The molecule has 61 heavy (non-hydrogen) atoms. The van der Waals surface area contributed by atoms with Crippen molar-refractivity contribution in [3.8, 4) is 66.8 Å². The highest BCUT2D eigenvalue weighted by Crippen LogP contribution is 2.63. The van der Waals surface area contributed by atoms with Crippen LogP contribution in [-0.2, 0) is 5.41 Å². The predicted octanol–water partition coefficient (Wildman–Crippen LogP) is 14.3. The highest BCUT2D eigenvalue weighted by Gasteiger charge is 2.51. The van der Waals surface area contributed by atoms with E-state index in [0.717, 1.165) is 71.7 Å². The Labute approximate surface area is 353 Å². The SMILES string of the molecule is c1cc(-c2cc(-c3ccc4c(c3)-c3ccccc3C43c4ccccc4-c4ccccc43)cc(-c3cccc4cccnc34)c2)cc(-c2cnc3c(ccc4cccnc43)c2)c1. The minimum absolute atomic E-state index is 0.374. The molecule has 0 radical (unpaired) electrons. The maximum absolute atomic E-state index is 4.95. The van der Waals surface area contributed by atoms with Gasteiger partial charge in [0, 0.05) is 45.9 Å². The minimum atomic E-state index is -0.374. The van der Waals surface area contributed by atoms with E-state index in [4.69, 9.17) is 9.97 Å². The van der Waals surface area contributed by atoms with Crippen LogP contribution in [0.1, 0.15) is 22.3 Å². The van der Waals surface area contributed by atoms with Gasteiger partial charge in [0.25, 0.3) is 0 Å². The quantitative estimate of drug-likeness (QED) is 0.167. The van der Waals surface area contributed by atoms with Crippen molar-refractivity contribution in [2.75, 3.05) is 0 Å². The van der Waals surface area contributed by atoms with Crippen LogP contribution in [0.5, 0.6) is 0 Å². The van der Waals surface area contributed by atoms with Gasteiger partial charge in [0.15, 0.2) is 0 Å². The van der Waals surface area contributed by atoms with E-state index < -0.39 is 0 Å². The molecule has 1 spiro atoms. The monoisotopic (exact) mass is 773 g/mol. The predicted molar refractivity (Wildman–Crippen MR) is 250 cm³/mol. The number of nitrogens with zero attached hydrogens (tertiary/aromatic N) is 3. The van der Waals surface area contributed by atoms with E-state index in [9.17, 15) is 0 Å². The molecule has 0 unspecified atom stereocenters. The summed E-state index contributed by atoms with van der Waals surface area (Å²) in [5.41, 5.74) is 22.1. The molecule has 3 nitrogen and oxygen atoms in total. The Morgan fingerprint density at radius 2 is 0.754 bits per heavy atom. The van der Waals surface area contributed by atoms with Crippen molar-refractivity contribution in [3.05, 3.63) is 235 Å². The number of benzene rings is 8. The van der Waals surface area contributed by atoms with Crippen LogP contribution in [0, 0.1) is 0 Å². The third kappa shape index (κ3) is 4.95. The molecule has 3 aromatic heterocycles. The van der Waals surface area contributed by atoms with Crippen LogP contribution in [0.4, 0.5) is 0 Å². The second-order valence-corrected chi connectivity index (χ2v) is 16.3. The molecule has 0 fully saturated rings. The van der Waals surface area contributed by atoms with E-state index in [1.54, 1.807) is 0 Å². The number of hydrogen-bond acceptors (Lipinski definition) is 3. The number of pyridine rings is 3. The van der Waals surface area contributed by atoms with E-state index >= 15 is 0 Å². The Morgan fingerprint density at radius 3 is 1.48 bits per heavy atom. The molecule has 0 amide bonds. The summed E-state index contributed by atoms with van der Waals surface area (Å²) in [5.74, 6) is 0. The number of rotatable bonds is 4.